The highest BCUT2D eigenvalue weighted by Gasteiger charge is 2.20. The number of benzene rings is 1. The SMILES string of the molecule is Cc1ccc(-n2nnnc2S[C@@H](C)C(=O)Nc2cc(C)on2)cc1. The maximum atomic E-state index is 12.2. The Labute approximate surface area is 142 Å². The van der Waals surface area contributed by atoms with Crippen molar-refractivity contribution in [1.82, 2.24) is 25.4 Å². The van der Waals surface area contributed by atoms with E-state index in [1.165, 1.54) is 11.8 Å². The number of thioether (sulfide) groups is 1. The zero-order valence-electron chi connectivity index (χ0n) is 13.4. The van der Waals surface area contributed by atoms with E-state index in [-0.39, 0.29) is 5.91 Å². The van der Waals surface area contributed by atoms with Gasteiger partial charge in [0.25, 0.3) is 0 Å². The highest BCUT2D eigenvalue weighted by Crippen LogP contribution is 2.24. The molecule has 2 heterocycles. The van der Waals surface area contributed by atoms with Gasteiger partial charge in [-0.1, -0.05) is 34.6 Å². The number of amides is 1. The van der Waals surface area contributed by atoms with Crippen molar-refractivity contribution in [2.24, 2.45) is 0 Å². The van der Waals surface area contributed by atoms with Crippen molar-refractivity contribution in [2.45, 2.75) is 31.2 Å². The van der Waals surface area contributed by atoms with Crippen LogP contribution in [0.2, 0.25) is 0 Å². The Morgan fingerprint density at radius 3 is 2.71 bits per heavy atom. The average Bonchev–Trinajstić information content (AvgIpc) is 3.17. The molecule has 2 aromatic heterocycles. The first-order chi connectivity index (χ1) is 11.5. The highest BCUT2D eigenvalue weighted by molar-refractivity contribution is 8.00. The Morgan fingerprint density at radius 2 is 2.04 bits per heavy atom. The molecule has 3 rings (SSSR count). The lowest BCUT2D eigenvalue weighted by Crippen LogP contribution is -2.23. The van der Waals surface area contributed by atoms with E-state index >= 15 is 0 Å². The summed E-state index contributed by atoms with van der Waals surface area (Å²) in [6.07, 6.45) is 0. The van der Waals surface area contributed by atoms with E-state index in [0.717, 1.165) is 11.3 Å². The molecule has 1 amide bonds. The topological polar surface area (TPSA) is 98.7 Å². The van der Waals surface area contributed by atoms with Crippen LogP contribution in [0.5, 0.6) is 0 Å². The second-order valence-corrected chi connectivity index (χ2v) is 6.59. The molecule has 124 valence electrons. The molecule has 0 radical (unpaired) electrons. The summed E-state index contributed by atoms with van der Waals surface area (Å²) >= 11 is 1.27. The van der Waals surface area contributed by atoms with Crippen LogP contribution in [0.15, 0.2) is 40.0 Å². The fraction of sp³-hybridized carbons (Fsp3) is 0.267. The van der Waals surface area contributed by atoms with Gasteiger partial charge in [-0.2, -0.15) is 4.68 Å². The van der Waals surface area contributed by atoms with Gasteiger partial charge in [-0.25, -0.2) is 0 Å². The molecule has 0 unspecified atom stereocenters. The Kier molecular flexibility index (Phi) is 4.61. The van der Waals surface area contributed by atoms with Gasteiger partial charge < -0.3 is 9.84 Å². The molecule has 0 bridgehead atoms. The Balaban J connectivity index is 1.70. The normalized spacial score (nSPS) is 12.1. The predicted molar refractivity (Wildman–Crippen MR) is 89.1 cm³/mol. The van der Waals surface area contributed by atoms with E-state index in [9.17, 15) is 4.79 Å². The van der Waals surface area contributed by atoms with Crippen molar-refractivity contribution in [1.29, 1.82) is 0 Å². The van der Waals surface area contributed by atoms with Crippen molar-refractivity contribution in [3.05, 3.63) is 41.7 Å². The number of nitrogens with one attached hydrogen (secondary N) is 1. The minimum Gasteiger partial charge on any atom is -0.360 e. The lowest BCUT2D eigenvalue weighted by molar-refractivity contribution is -0.115. The summed E-state index contributed by atoms with van der Waals surface area (Å²) < 4.78 is 6.53. The van der Waals surface area contributed by atoms with Crippen LogP contribution in [0.25, 0.3) is 5.69 Å². The molecule has 1 atom stereocenters. The fourth-order valence-electron chi connectivity index (χ4n) is 1.97. The van der Waals surface area contributed by atoms with Gasteiger partial charge in [0.05, 0.1) is 10.9 Å². The molecule has 0 aliphatic carbocycles. The lowest BCUT2D eigenvalue weighted by atomic mass is 10.2. The first kappa shape index (κ1) is 16.2. The Hall–Kier alpha value is -2.68. The van der Waals surface area contributed by atoms with Crippen molar-refractivity contribution in [3.63, 3.8) is 0 Å². The molecule has 24 heavy (non-hydrogen) atoms. The Bertz CT molecular complexity index is 842. The second-order valence-electron chi connectivity index (χ2n) is 5.28. The number of anilines is 1. The van der Waals surface area contributed by atoms with Crippen LogP contribution < -0.4 is 5.32 Å². The molecule has 0 aliphatic heterocycles. The van der Waals surface area contributed by atoms with Gasteiger partial charge in [0.1, 0.15) is 5.76 Å². The zero-order valence-corrected chi connectivity index (χ0v) is 14.2. The molecule has 0 saturated heterocycles. The fourth-order valence-corrected chi connectivity index (χ4v) is 2.77. The van der Waals surface area contributed by atoms with Crippen molar-refractivity contribution >= 4 is 23.5 Å². The van der Waals surface area contributed by atoms with Crippen LogP contribution in [0, 0.1) is 13.8 Å². The third-order valence-corrected chi connectivity index (χ3v) is 4.28. The first-order valence-electron chi connectivity index (χ1n) is 7.29. The molecule has 1 N–H and O–H groups in total. The number of hydrogen-bond donors (Lipinski definition) is 1. The molecule has 0 saturated carbocycles. The number of carbonyl (C=O) groups is 1. The summed E-state index contributed by atoms with van der Waals surface area (Å²) in [4.78, 5) is 12.2. The molecule has 0 spiro atoms. The van der Waals surface area contributed by atoms with Gasteiger partial charge in [0.15, 0.2) is 5.82 Å². The van der Waals surface area contributed by atoms with Gasteiger partial charge in [-0.05, 0) is 43.3 Å². The van der Waals surface area contributed by atoms with Crippen LogP contribution in [0.1, 0.15) is 18.2 Å². The largest absolute Gasteiger partial charge is 0.360 e. The maximum absolute atomic E-state index is 12.2. The van der Waals surface area contributed by atoms with E-state index < -0.39 is 5.25 Å². The summed E-state index contributed by atoms with van der Waals surface area (Å²) in [5, 5.41) is 18.3. The molecule has 3 aromatic rings. The van der Waals surface area contributed by atoms with Crippen LogP contribution in [-0.4, -0.2) is 36.5 Å². The quantitative estimate of drug-likeness (QED) is 0.709. The molecule has 1 aromatic carbocycles. The van der Waals surface area contributed by atoms with Gasteiger partial charge in [0, 0.05) is 6.07 Å². The van der Waals surface area contributed by atoms with Crippen LogP contribution in [0.4, 0.5) is 5.82 Å². The number of carbonyl (C=O) groups excluding carboxylic acids is 1. The molecular formula is C15H16N6O2S. The van der Waals surface area contributed by atoms with E-state index in [1.807, 2.05) is 31.2 Å². The van der Waals surface area contributed by atoms with E-state index in [2.05, 4.69) is 26.0 Å². The summed E-state index contributed by atoms with van der Waals surface area (Å²) in [5.41, 5.74) is 1.99. The standard InChI is InChI=1S/C15H16N6O2S/c1-9-4-6-12(7-5-9)21-15(17-19-20-21)24-11(3)14(22)16-13-8-10(2)23-18-13/h4-8,11H,1-3H3,(H,16,18,22)/t11-/m0/s1. The number of hydrogen-bond acceptors (Lipinski definition) is 7. The number of aromatic nitrogens is 5. The van der Waals surface area contributed by atoms with E-state index in [1.54, 1.807) is 24.6 Å². The van der Waals surface area contributed by atoms with Crippen LogP contribution in [-0.2, 0) is 4.79 Å². The molecule has 9 heteroatoms. The predicted octanol–water partition coefficient (Wildman–Crippen LogP) is 2.39. The number of nitrogens with zero attached hydrogens (tertiary/aromatic N) is 5. The number of rotatable bonds is 5. The van der Waals surface area contributed by atoms with Gasteiger partial charge >= 0.3 is 0 Å². The smallest absolute Gasteiger partial charge is 0.238 e. The van der Waals surface area contributed by atoms with E-state index in [0.29, 0.717) is 16.7 Å². The molecule has 8 nitrogen and oxygen atoms in total. The van der Waals surface area contributed by atoms with Gasteiger partial charge in [-0.3, -0.25) is 4.79 Å². The van der Waals surface area contributed by atoms with E-state index in [4.69, 9.17) is 4.52 Å². The third kappa shape index (κ3) is 3.62. The maximum Gasteiger partial charge on any atom is 0.238 e. The number of tetrazole rings is 1. The summed E-state index contributed by atoms with van der Waals surface area (Å²) in [5.74, 6) is 0.823. The lowest BCUT2D eigenvalue weighted by Gasteiger charge is -2.10. The third-order valence-electron chi connectivity index (χ3n) is 3.25. The minimum atomic E-state index is -0.405. The van der Waals surface area contributed by atoms with Crippen molar-refractivity contribution in [2.75, 3.05) is 5.32 Å². The average molecular weight is 344 g/mol. The van der Waals surface area contributed by atoms with Crippen LogP contribution >= 0.6 is 11.8 Å². The zero-order chi connectivity index (χ0) is 17.1. The minimum absolute atomic E-state index is 0.202. The molecular weight excluding hydrogens is 328 g/mol. The summed E-state index contributed by atoms with van der Waals surface area (Å²) in [6, 6.07) is 9.48. The second kappa shape index (κ2) is 6.83. The highest BCUT2D eigenvalue weighted by atomic mass is 32.2. The number of aryl methyl sites for hydroxylation is 2. The molecule has 0 aliphatic rings. The summed E-state index contributed by atoms with van der Waals surface area (Å²) in [6.45, 7) is 5.55. The van der Waals surface area contributed by atoms with Gasteiger partial charge in [0.2, 0.25) is 11.1 Å². The van der Waals surface area contributed by atoms with Crippen molar-refractivity contribution < 1.29 is 9.32 Å². The summed E-state index contributed by atoms with van der Waals surface area (Å²) in [7, 11) is 0. The molecule has 0 fully saturated rings. The van der Waals surface area contributed by atoms with Gasteiger partial charge in [-0.15, -0.1) is 5.10 Å². The Morgan fingerprint density at radius 1 is 1.29 bits per heavy atom. The van der Waals surface area contributed by atoms with Crippen molar-refractivity contribution in [3.8, 4) is 5.69 Å². The van der Waals surface area contributed by atoms with Crippen LogP contribution in [0.3, 0.4) is 0 Å². The first-order valence-corrected chi connectivity index (χ1v) is 8.17. The monoisotopic (exact) mass is 344 g/mol.